The monoisotopic (exact) mass is 1300 g/mol. The first kappa shape index (κ1) is 58.2. The van der Waals surface area contributed by atoms with Crippen molar-refractivity contribution in [2.45, 2.75) is 26.2 Å². The lowest BCUT2D eigenvalue weighted by Crippen LogP contribution is -2.65. The molecule has 0 amide bonds. The van der Waals surface area contributed by atoms with Gasteiger partial charge in [-0.15, -0.1) is 0 Å². The van der Waals surface area contributed by atoms with Crippen molar-refractivity contribution in [2.24, 2.45) is 0 Å². The van der Waals surface area contributed by atoms with Crippen molar-refractivity contribution in [3.8, 4) is 39.1 Å². The van der Waals surface area contributed by atoms with Crippen LogP contribution in [0.5, 0.6) is 0 Å². The predicted octanol–water partition coefficient (Wildman–Crippen LogP) is 21.1. The summed E-state index contributed by atoms with van der Waals surface area (Å²) in [5.74, 6) is 0. The molecule has 21 rings (SSSR count). The summed E-state index contributed by atoms with van der Waals surface area (Å²) in [5, 5.41) is 4.66. The molecule has 2 aromatic heterocycles. The number of fused-ring (bicyclic) bond motifs is 14. The second-order valence-corrected chi connectivity index (χ2v) is 28.7. The summed E-state index contributed by atoms with van der Waals surface area (Å²) >= 11 is 0. The lowest BCUT2D eigenvalue weighted by atomic mass is 9.30. The van der Waals surface area contributed by atoms with Gasteiger partial charge in [-0.1, -0.05) is 263 Å². The topological polar surface area (TPSA) is 31.0 Å². The van der Waals surface area contributed by atoms with Gasteiger partial charge in [-0.05, 0) is 163 Å². The van der Waals surface area contributed by atoms with Gasteiger partial charge in [0.15, 0.2) is 5.58 Å². The molecule has 0 fully saturated rings. The number of aromatic nitrogens is 1. The van der Waals surface area contributed by atoms with Gasteiger partial charge in [-0.2, -0.15) is 0 Å². The first-order valence-corrected chi connectivity index (χ1v) is 35.5. The molecule has 0 saturated carbocycles. The van der Waals surface area contributed by atoms with E-state index in [0.717, 1.165) is 129 Å². The number of benzene rings is 15. The van der Waals surface area contributed by atoms with Crippen LogP contribution in [0.4, 0.5) is 68.2 Å². The number of rotatable bonds is 8. The quantitative estimate of drug-likeness (QED) is 0.142. The molecule has 0 saturated heterocycles. The molecule has 4 aliphatic heterocycles. The summed E-state index contributed by atoms with van der Waals surface area (Å²) in [4.78, 5) is 10.4. The van der Waals surface area contributed by atoms with Gasteiger partial charge in [0.1, 0.15) is 5.58 Å². The molecule has 6 heterocycles. The van der Waals surface area contributed by atoms with E-state index < -0.39 is 0 Å². The Morgan fingerprint density at radius 1 is 0.275 bits per heavy atom. The van der Waals surface area contributed by atoms with Crippen LogP contribution in [0, 0.1) is 0 Å². The maximum Gasteiger partial charge on any atom is 0.252 e. The van der Waals surface area contributed by atoms with E-state index in [1.807, 2.05) is 0 Å². The van der Waals surface area contributed by atoms with E-state index >= 15 is 0 Å². The molecule has 8 heteroatoms. The van der Waals surface area contributed by atoms with Crippen LogP contribution >= 0.6 is 0 Å². The minimum atomic E-state index is -0.266. The second-order valence-electron chi connectivity index (χ2n) is 28.7. The van der Waals surface area contributed by atoms with Crippen LogP contribution in [0.1, 0.15) is 26.3 Å². The lowest BCUT2D eigenvalue weighted by molar-refractivity contribution is 0.590. The smallest absolute Gasteiger partial charge is 0.252 e. The van der Waals surface area contributed by atoms with Crippen molar-refractivity contribution in [3.63, 3.8) is 0 Å². The zero-order valence-electron chi connectivity index (χ0n) is 56.6. The maximum absolute atomic E-state index is 7.06. The number of hydrogen-bond donors (Lipinski definition) is 0. The molecule has 0 unspecified atom stereocenters. The average Bonchev–Trinajstić information content (AvgIpc) is 0.799. The third-order valence-electron chi connectivity index (χ3n) is 22.0. The van der Waals surface area contributed by atoms with Crippen LogP contribution in [-0.4, -0.2) is 18.0 Å². The van der Waals surface area contributed by atoms with Crippen molar-refractivity contribution in [1.29, 1.82) is 0 Å². The number of anilines is 12. The Hall–Kier alpha value is -12.8. The number of hydrogen-bond acceptors (Lipinski definition) is 5. The molecule has 0 spiro atoms. The largest absolute Gasteiger partial charge is 0.454 e. The lowest BCUT2D eigenvalue weighted by Gasteiger charge is -2.48. The van der Waals surface area contributed by atoms with Gasteiger partial charge in [-0.3, -0.25) is 0 Å². The minimum Gasteiger partial charge on any atom is -0.454 e. The summed E-state index contributed by atoms with van der Waals surface area (Å²) in [6.07, 6.45) is 0. The zero-order valence-corrected chi connectivity index (χ0v) is 56.6. The molecule has 0 atom stereocenters. The van der Waals surface area contributed by atoms with Gasteiger partial charge in [0.2, 0.25) is 0 Å². The Kier molecular flexibility index (Phi) is 12.8. The Bertz CT molecular complexity index is 6170. The fraction of sp³-hybridized carbons (Fsp3) is 0.0426. The molecule has 15 aromatic carbocycles. The highest BCUT2D eigenvalue weighted by Crippen LogP contribution is 2.55. The first-order chi connectivity index (χ1) is 50.3. The molecule has 17 aromatic rings. The molecular weight excluding hydrogens is 1240 g/mol. The Labute approximate surface area is 593 Å². The zero-order chi connectivity index (χ0) is 67.5. The minimum absolute atomic E-state index is 0.209. The van der Waals surface area contributed by atoms with E-state index in [1.165, 1.54) is 60.1 Å². The summed E-state index contributed by atoms with van der Waals surface area (Å²) in [7, 11) is 0. The highest BCUT2D eigenvalue weighted by atomic mass is 16.3. The van der Waals surface area contributed by atoms with E-state index in [-0.39, 0.29) is 18.8 Å². The fourth-order valence-corrected chi connectivity index (χ4v) is 17.6. The van der Waals surface area contributed by atoms with E-state index in [9.17, 15) is 0 Å². The molecule has 0 N–H and O–H groups in total. The summed E-state index contributed by atoms with van der Waals surface area (Å²) in [6.45, 7) is 6.59. The molecule has 102 heavy (non-hydrogen) atoms. The van der Waals surface area contributed by atoms with Crippen LogP contribution in [-0.2, 0) is 5.41 Å². The average molecular weight is 1300 g/mol. The molecule has 4 aliphatic rings. The van der Waals surface area contributed by atoms with E-state index in [2.05, 4.69) is 385 Å². The van der Waals surface area contributed by atoms with Gasteiger partial charge < -0.3 is 28.6 Å². The molecule has 6 nitrogen and oxygen atoms in total. The molecule has 0 aliphatic carbocycles. The number of nitrogens with zero attached hydrogens (tertiary/aromatic N) is 5. The normalized spacial score (nSPS) is 13.3. The van der Waals surface area contributed by atoms with E-state index in [0.29, 0.717) is 0 Å². The van der Waals surface area contributed by atoms with Crippen molar-refractivity contribution in [3.05, 3.63) is 345 Å². The van der Waals surface area contributed by atoms with Gasteiger partial charge in [0.25, 0.3) is 13.4 Å². The molecular formula is C94H65B2N5O. The Morgan fingerprint density at radius 2 is 0.725 bits per heavy atom. The number of para-hydroxylation sites is 8. The Balaban J connectivity index is 0.920. The van der Waals surface area contributed by atoms with Crippen LogP contribution in [0.2, 0.25) is 0 Å². The van der Waals surface area contributed by atoms with Crippen LogP contribution < -0.4 is 52.4 Å². The predicted molar refractivity (Wildman–Crippen MR) is 431 cm³/mol. The van der Waals surface area contributed by atoms with Gasteiger partial charge >= 0.3 is 0 Å². The summed E-state index contributed by atoms with van der Waals surface area (Å²) in [5.41, 5.74) is 33.7. The van der Waals surface area contributed by atoms with Crippen molar-refractivity contribution in [2.75, 3.05) is 19.6 Å². The van der Waals surface area contributed by atoms with Crippen molar-refractivity contribution in [1.82, 2.24) is 4.57 Å². The van der Waals surface area contributed by atoms with E-state index in [4.69, 9.17) is 4.42 Å². The summed E-state index contributed by atoms with van der Waals surface area (Å²) in [6, 6.07) is 127. The summed E-state index contributed by atoms with van der Waals surface area (Å²) < 4.78 is 9.54. The number of furan rings is 1. The van der Waals surface area contributed by atoms with Gasteiger partial charge in [0, 0.05) is 95.2 Å². The van der Waals surface area contributed by atoms with Crippen LogP contribution in [0.3, 0.4) is 0 Å². The molecule has 0 radical (unpaired) electrons. The van der Waals surface area contributed by atoms with Crippen LogP contribution in [0.25, 0.3) is 82.8 Å². The van der Waals surface area contributed by atoms with Crippen molar-refractivity contribution < 1.29 is 4.42 Å². The van der Waals surface area contributed by atoms with Crippen molar-refractivity contribution >= 4 is 158 Å². The van der Waals surface area contributed by atoms with Gasteiger partial charge in [0.05, 0.1) is 22.4 Å². The third-order valence-corrected chi connectivity index (χ3v) is 22.0. The fourth-order valence-electron chi connectivity index (χ4n) is 17.6. The highest BCUT2D eigenvalue weighted by Gasteiger charge is 2.50. The standard InChI is InChI=1S/C94H65B2N5O/c1-94(2,3)64-55-87-91-88(56-64)100(81-49-28-44-73-72-41-21-26-50-89(72)102-93(73)81)80-48-25-22-45-74(80)95(91)76-58-77-84(59-83(76)98(87)66-37-17-8-18-38-66)101(92-68(61-31-11-5-12-32-61)42-27-43-69(92)62-33-13-6-14-34-62)86-54-63(60-29-9-4-10-30-60)53-85-90(86)96(77)75-52-51-67(57-82(75)97(85)65-35-15-7-16-36-65)99-78-46-23-19-39-70(78)71-40-20-24-47-79(71)99/h4-59H,1-3H3. The highest BCUT2D eigenvalue weighted by molar-refractivity contribution is 7.03. The SMILES string of the molecule is CC(C)(C)c1cc2c3c(c1)N(c1cccc4c1oc1ccccc14)c1ccccc1B3c1cc3c(cc1N2c1ccccc1)N(c1c(-c2ccccc2)cccc1-c1ccccc1)c1cc(-c2ccccc2)cc2c1B3c1ccc(-n3c4ccccc4c4ccccc43)cc1N2c1ccccc1. The Morgan fingerprint density at radius 3 is 1.33 bits per heavy atom. The van der Waals surface area contributed by atoms with E-state index in [1.54, 1.807) is 0 Å². The first-order valence-electron chi connectivity index (χ1n) is 35.5. The van der Waals surface area contributed by atoms with Gasteiger partial charge in [-0.25, -0.2) is 0 Å². The third kappa shape index (κ3) is 8.62. The second kappa shape index (κ2) is 22.4. The molecule has 478 valence electrons. The van der Waals surface area contributed by atoms with Crippen LogP contribution in [0.15, 0.2) is 344 Å². The molecule has 0 bridgehead atoms. The maximum atomic E-state index is 7.06.